The number of aromatic nitrogens is 1. The zero-order valence-electron chi connectivity index (χ0n) is 30.6. The smallest absolute Gasteiger partial charge is 0.143 e. The Morgan fingerprint density at radius 1 is 0.286 bits per heavy atom. The minimum absolute atomic E-state index is 0.899. The molecule has 0 saturated carbocycles. The maximum atomic E-state index is 6.58. The summed E-state index contributed by atoms with van der Waals surface area (Å²) in [6, 6.07) is 76.7. The van der Waals surface area contributed by atoms with Crippen molar-refractivity contribution in [3.05, 3.63) is 212 Å². The molecule has 0 amide bonds. The highest BCUT2D eigenvalue weighted by molar-refractivity contribution is 6.20. The molecule has 11 aromatic rings. The summed E-state index contributed by atoms with van der Waals surface area (Å²) in [6.45, 7) is 0. The molecule has 262 valence electrons. The summed E-state index contributed by atoms with van der Waals surface area (Å²) in [5.41, 5.74) is 12.0. The number of furan rings is 1. The molecular weight excluding hydrogens is 679 g/mol. The average Bonchev–Trinajstić information content (AvgIpc) is 3.68. The van der Waals surface area contributed by atoms with Gasteiger partial charge in [-0.3, -0.25) is 0 Å². The quantitative estimate of drug-likeness (QED) is 0.178. The number of fused-ring (bicyclic) bond motifs is 10. The summed E-state index contributed by atoms with van der Waals surface area (Å²) in [4.78, 5) is 0. The van der Waals surface area contributed by atoms with E-state index in [1.165, 1.54) is 49.2 Å². The van der Waals surface area contributed by atoms with E-state index in [1.54, 1.807) is 0 Å². The van der Waals surface area contributed by atoms with Gasteiger partial charge in [0.15, 0.2) is 0 Å². The third-order valence-corrected chi connectivity index (χ3v) is 11.3. The molecule has 0 N–H and O–H groups in total. The van der Waals surface area contributed by atoms with Gasteiger partial charge in [0, 0.05) is 32.8 Å². The minimum atomic E-state index is 0.899. The molecule has 0 radical (unpaired) electrons. The van der Waals surface area contributed by atoms with Gasteiger partial charge < -0.3 is 8.98 Å². The van der Waals surface area contributed by atoms with Crippen LogP contribution < -0.4 is 0 Å². The van der Waals surface area contributed by atoms with Crippen LogP contribution in [0.2, 0.25) is 0 Å². The maximum Gasteiger partial charge on any atom is 0.143 e. The molecular formula is C54H35NO. The van der Waals surface area contributed by atoms with Gasteiger partial charge in [0.1, 0.15) is 11.2 Å². The first kappa shape index (κ1) is 32.0. The first-order valence-corrected chi connectivity index (χ1v) is 19.2. The normalized spacial score (nSPS) is 11.6. The van der Waals surface area contributed by atoms with Crippen LogP contribution >= 0.6 is 0 Å². The van der Waals surface area contributed by atoms with Gasteiger partial charge in [-0.2, -0.15) is 0 Å². The molecule has 2 heterocycles. The average molecular weight is 714 g/mol. The van der Waals surface area contributed by atoms with Crippen LogP contribution in [-0.2, 0) is 0 Å². The number of rotatable bonds is 4. The Balaban J connectivity index is 1.31. The van der Waals surface area contributed by atoms with Crippen molar-refractivity contribution in [3.63, 3.8) is 0 Å². The summed E-state index contributed by atoms with van der Waals surface area (Å²) in [5.74, 6) is 0. The Bertz CT molecular complexity index is 3330. The monoisotopic (exact) mass is 713 g/mol. The molecule has 2 aromatic heterocycles. The highest BCUT2D eigenvalue weighted by atomic mass is 16.3. The third-order valence-electron chi connectivity index (χ3n) is 11.3. The van der Waals surface area contributed by atoms with E-state index in [1.807, 2.05) is 6.07 Å². The summed E-state index contributed by atoms with van der Waals surface area (Å²) in [6.07, 6.45) is 0. The minimum Gasteiger partial charge on any atom is -0.455 e. The van der Waals surface area contributed by atoms with Crippen LogP contribution in [0.5, 0.6) is 0 Å². The molecule has 0 saturated heterocycles. The molecule has 0 unspecified atom stereocenters. The maximum absolute atomic E-state index is 6.58. The molecule has 56 heavy (non-hydrogen) atoms. The van der Waals surface area contributed by atoms with Crippen LogP contribution in [0.1, 0.15) is 0 Å². The molecule has 0 fully saturated rings. The second kappa shape index (κ2) is 13.2. The van der Waals surface area contributed by atoms with Crippen molar-refractivity contribution in [1.82, 2.24) is 4.57 Å². The van der Waals surface area contributed by atoms with E-state index in [2.05, 4.69) is 211 Å². The highest BCUT2D eigenvalue weighted by Gasteiger charge is 2.16. The zero-order valence-corrected chi connectivity index (χ0v) is 30.6. The molecule has 0 aliphatic carbocycles. The number of hydrogen-bond acceptors (Lipinski definition) is 1. The van der Waals surface area contributed by atoms with E-state index in [9.17, 15) is 0 Å². The number of para-hydroxylation sites is 2. The van der Waals surface area contributed by atoms with Crippen molar-refractivity contribution in [2.45, 2.75) is 0 Å². The van der Waals surface area contributed by atoms with Crippen molar-refractivity contribution < 1.29 is 4.42 Å². The first-order valence-electron chi connectivity index (χ1n) is 19.2. The highest BCUT2D eigenvalue weighted by Crippen LogP contribution is 2.40. The Kier molecular flexibility index (Phi) is 7.53. The summed E-state index contributed by atoms with van der Waals surface area (Å²) < 4.78 is 9.04. The lowest BCUT2D eigenvalue weighted by Gasteiger charge is -2.16. The number of benzene rings is 9. The molecule has 0 atom stereocenters. The molecule has 2 nitrogen and oxygen atoms in total. The van der Waals surface area contributed by atoms with E-state index >= 15 is 0 Å². The van der Waals surface area contributed by atoms with Gasteiger partial charge in [0.2, 0.25) is 0 Å². The summed E-state index contributed by atoms with van der Waals surface area (Å²) in [7, 11) is 0. The second-order valence-electron chi connectivity index (χ2n) is 14.4. The zero-order chi connectivity index (χ0) is 37.0. The van der Waals surface area contributed by atoms with Gasteiger partial charge in [-0.1, -0.05) is 170 Å². The van der Waals surface area contributed by atoms with Gasteiger partial charge in [0.05, 0.1) is 11.0 Å². The van der Waals surface area contributed by atoms with E-state index in [0.29, 0.717) is 0 Å². The largest absolute Gasteiger partial charge is 0.455 e. The topological polar surface area (TPSA) is 18.1 Å². The van der Waals surface area contributed by atoms with E-state index in [-0.39, 0.29) is 0 Å². The van der Waals surface area contributed by atoms with Crippen LogP contribution in [0, 0.1) is 0 Å². The lowest BCUT2D eigenvalue weighted by atomic mass is 9.97. The van der Waals surface area contributed by atoms with Gasteiger partial charge in [-0.15, -0.1) is 0 Å². The van der Waals surface area contributed by atoms with Crippen molar-refractivity contribution >= 4 is 65.3 Å². The summed E-state index contributed by atoms with van der Waals surface area (Å²) in [5, 5.41) is 9.34. The summed E-state index contributed by atoms with van der Waals surface area (Å²) >= 11 is 0. The van der Waals surface area contributed by atoms with E-state index in [4.69, 9.17) is 4.42 Å². The lowest BCUT2D eigenvalue weighted by Crippen LogP contribution is -1.98. The van der Waals surface area contributed by atoms with Crippen molar-refractivity contribution in [2.24, 2.45) is 0 Å². The van der Waals surface area contributed by atoms with Crippen LogP contribution in [0.4, 0.5) is 0 Å². The predicted molar refractivity (Wildman–Crippen MR) is 237 cm³/mol. The lowest BCUT2D eigenvalue weighted by molar-refractivity contribution is 0.670. The van der Waals surface area contributed by atoms with Gasteiger partial charge in [-0.25, -0.2) is 0 Å². The molecule has 0 aliphatic rings. The Hall–Kier alpha value is -7.42. The Morgan fingerprint density at radius 3 is 1.36 bits per heavy atom. The first-order chi connectivity index (χ1) is 27.8. The molecule has 2 heteroatoms. The number of hydrogen-bond donors (Lipinski definition) is 0. The van der Waals surface area contributed by atoms with Crippen molar-refractivity contribution in [3.8, 4) is 39.1 Å². The molecule has 0 bridgehead atoms. The van der Waals surface area contributed by atoms with Crippen molar-refractivity contribution in [2.75, 3.05) is 0 Å². The number of nitrogens with zero attached hydrogens (tertiary/aromatic N) is 1. The molecule has 0 aliphatic heterocycles. The second-order valence-corrected chi connectivity index (χ2v) is 14.4. The van der Waals surface area contributed by atoms with Crippen LogP contribution in [-0.4, -0.2) is 4.57 Å². The fourth-order valence-electron chi connectivity index (χ4n) is 8.59. The standard InChI is InChI=1S/C54H35NO/c1-3-14-36(15-4-1)38-26-30-41(31-27-38)55-51-32-28-39(37-16-5-2-6-17-37)34-49(51)45-20-9-7-18-43(45)44-19-8-10-21-46(44)50-35-40(29-33-52(50)55)42-23-13-24-48-47-22-11-12-25-53(47)56-54(42)48/h1-35H. The fraction of sp³-hybridized carbons (Fsp3) is 0. The van der Waals surface area contributed by atoms with Gasteiger partial charge in [0.25, 0.3) is 0 Å². The Labute approximate surface area is 324 Å². The third kappa shape index (κ3) is 5.26. The van der Waals surface area contributed by atoms with Crippen LogP contribution in [0.3, 0.4) is 0 Å². The Morgan fingerprint density at radius 2 is 0.732 bits per heavy atom. The van der Waals surface area contributed by atoms with Gasteiger partial charge >= 0.3 is 0 Å². The predicted octanol–water partition coefficient (Wildman–Crippen LogP) is 15.1. The van der Waals surface area contributed by atoms with E-state index < -0.39 is 0 Å². The molecule has 0 spiro atoms. The van der Waals surface area contributed by atoms with Crippen molar-refractivity contribution in [1.29, 1.82) is 0 Å². The molecule has 9 aromatic carbocycles. The fourth-order valence-corrected chi connectivity index (χ4v) is 8.59. The molecule has 11 rings (SSSR count). The van der Waals surface area contributed by atoms with Gasteiger partial charge in [-0.05, 0) is 91.8 Å². The van der Waals surface area contributed by atoms with E-state index in [0.717, 1.165) is 55.2 Å². The van der Waals surface area contributed by atoms with Crippen LogP contribution in [0.15, 0.2) is 217 Å². The van der Waals surface area contributed by atoms with Crippen LogP contribution in [0.25, 0.3) is 104 Å². The SMILES string of the molecule is c1ccc(-c2ccc(-n3c4ccc(-c5ccccc5)cc4c4ccccc4c4ccccc4c4cc(-c5cccc6c5oc5ccccc56)ccc43)cc2)cc1.